The summed E-state index contributed by atoms with van der Waals surface area (Å²) in [5.74, 6) is -0.813. The molecule has 3 heterocycles. The third-order valence-corrected chi connectivity index (χ3v) is 6.36. The molecule has 1 unspecified atom stereocenters. The molecular formula is C21H24FN5O3. The Morgan fingerprint density at radius 3 is 2.67 bits per heavy atom. The number of fused-ring (bicyclic) bond motifs is 1. The molecule has 3 aromatic rings. The number of benzene rings is 1. The fourth-order valence-electron chi connectivity index (χ4n) is 4.68. The van der Waals surface area contributed by atoms with Crippen molar-refractivity contribution in [1.29, 1.82) is 0 Å². The largest absolute Gasteiger partial charge is 0.434 e. The highest BCUT2D eigenvalue weighted by atomic mass is 19.1. The minimum atomic E-state index is -0.725. The zero-order valence-electron chi connectivity index (χ0n) is 16.9. The summed E-state index contributed by atoms with van der Waals surface area (Å²) in [5.41, 5.74) is 8.07. The van der Waals surface area contributed by atoms with Crippen LogP contribution < -0.4 is 21.9 Å². The van der Waals surface area contributed by atoms with E-state index in [-0.39, 0.29) is 29.4 Å². The van der Waals surface area contributed by atoms with Gasteiger partial charge in [0, 0.05) is 36.6 Å². The number of H-pyrrole nitrogens is 1. The molecule has 5 rings (SSSR count). The zero-order chi connectivity index (χ0) is 21.2. The van der Waals surface area contributed by atoms with E-state index in [4.69, 9.17) is 10.2 Å². The van der Waals surface area contributed by atoms with Gasteiger partial charge in [0.2, 0.25) is 5.89 Å². The molecule has 1 saturated heterocycles. The van der Waals surface area contributed by atoms with E-state index in [1.807, 2.05) is 18.7 Å². The Balaban J connectivity index is 1.77. The van der Waals surface area contributed by atoms with Gasteiger partial charge in [0.05, 0.1) is 16.8 Å². The maximum Gasteiger partial charge on any atom is 0.434 e. The van der Waals surface area contributed by atoms with Gasteiger partial charge in [0.15, 0.2) is 0 Å². The molecule has 0 amide bonds. The molecule has 1 aromatic carbocycles. The van der Waals surface area contributed by atoms with Crippen molar-refractivity contribution in [2.75, 3.05) is 18.0 Å². The molecule has 0 radical (unpaired) electrons. The summed E-state index contributed by atoms with van der Waals surface area (Å²) in [6.07, 6.45) is 2.73. The summed E-state index contributed by atoms with van der Waals surface area (Å²) >= 11 is 0. The summed E-state index contributed by atoms with van der Waals surface area (Å²) in [6.45, 7) is 5.23. The molecule has 1 aliphatic carbocycles. The number of nitrogens with two attached hydrogens (primary N) is 1. The third-order valence-electron chi connectivity index (χ3n) is 6.36. The number of aryl methyl sites for hydroxylation is 1. The van der Waals surface area contributed by atoms with Gasteiger partial charge >= 0.3 is 5.76 Å². The monoisotopic (exact) mass is 413 g/mol. The smallest absolute Gasteiger partial charge is 0.388 e. The highest BCUT2D eigenvalue weighted by molar-refractivity contribution is 5.97. The Morgan fingerprint density at radius 1 is 1.30 bits per heavy atom. The van der Waals surface area contributed by atoms with Crippen molar-refractivity contribution in [3.8, 4) is 11.5 Å². The summed E-state index contributed by atoms with van der Waals surface area (Å²) < 4.78 is 22.3. The first-order valence-corrected chi connectivity index (χ1v) is 10.3. The summed E-state index contributed by atoms with van der Waals surface area (Å²) in [7, 11) is 0. The lowest BCUT2D eigenvalue weighted by molar-refractivity contribution is 0.487. The lowest BCUT2D eigenvalue weighted by atomic mass is 10.0. The average Bonchev–Trinajstić information content (AvgIpc) is 3.23. The van der Waals surface area contributed by atoms with E-state index in [0.717, 1.165) is 25.8 Å². The number of halogens is 1. The molecule has 30 heavy (non-hydrogen) atoms. The normalized spacial score (nSPS) is 20.3. The van der Waals surface area contributed by atoms with Gasteiger partial charge in [-0.3, -0.25) is 4.79 Å². The second kappa shape index (κ2) is 6.80. The quantitative estimate of drug-likeness (QED) is 0.679. The standard InChI is InChI=1S/C21H24FN5O3/c1-10-18-14(7-16(22)19(10)26-6-5-12(9-26)11(2)23)15(20-24-25-21(29)30-20)8-17(28)27(18)13-3-4-13/h7-8,11-13H,3-6,9,23H2,1-2H3,(H,25,29)/t11-,12?/m0/s1. The minimum absolute atomic E-state index is 0.0187. The van der Waals surface area contributed by atoms with Crippen LogP contribution >= 0.6 is 0 Å². The van der Waals surface area contributed by atoms with Crippen LogP contribution in [0.4, 0.5) is 10.1 Å². The van der Waals surface area contributed by atoms with E-state index in [2.05, 4.69) is 10.2 Å². The molecule has 8 nitrogen and oxygen atoms in total. The SMILES string of the molecule is Cc1c(N2CCC([C@H](C)N)C2)c(F)cc2c(-c3n[nH]c(=O)o3)cc(=O)n(C3CC3)c12. The van der Waals surface area contributed by atoms with Gasteiger partial charge in [-0.2, -0.15) is 0 Å². The number of pyridine rings is 1. The number of anilines is 1. The van der Waals surface area contributed by atoms with Crippen LogP contribution in [0.1, 0.15) is 37.8 Å². The van der Waals surface area contributed by atoms with Crippen LogP contribution in [0.15, 0.2) is 26.1 Å². The van der Waals surface area contributed by atoms with Gasteiger partial charge in [-0.25, -0.2) is 14.3 Å². The number of aromatic amines is 1. The summed E-state index contributed by atoms with van der Waals surface area (Å²) in [4.78, 5) is 26.5. The molecule has 2 atom stereocenters. The summed E-state index contributed by atoms with van der Waals surface area (Å²) in [6, 6.07) is 2.95. The first-order valence-electron chi connectivity index (χ1n) is 10.3. The van der Waals surface area contributed by atoms with E-state index in [0.29, 0.717) is 40.2 Å². The second-order valence-corrected chi connectivity index (χ2v) is 8.50. The van der Waals surface area contributed by atoms with E-state index >= 15 is 4.39 Å². The number of rotatable bonds is 4. The molecule has 2 aliphatic rings. The average molecular weight is 413 g/mol. The minimum Gasteiger partial charge on any atom is -0.388 e. The topological polar surface area (TPSA) is 110 Å². The highest BCUT2D eigenvalue weighted by Crippen LogP contribution is 2.42. The molecule has 3 N–H and O–H groups in total. The second-order valence-electron chi connectivity index (χ2n) is 8.50. The van der Waals surface area contributed by atoms with Gasteiger partial charge in [-0.15, -0.1) is 5.10 Å². The number of hydrogen-bond acceptors (Lipinski definition) is 6. The molecule has 0 spiro atoms. The van der Waals surface area contributed by atoms with E-state index in [1.165, 1.54) is 12.1 Å². The van der Waals surface area contributed by atoms with Crippen LogP contribution in [-0.2, 0) is 0 Å². The number of aromatic nitrogens is 3. The van der Waals surface area contributed by atoms with Crippen LogP contribution in [0.2, 0.25) is 0 Å². The van der Waals surface area contributed by atoms with Gasteiger partial charge in [-0.05, 0) is 50.7 Å². The molecule has 2 aromatic heterocycles. The Morgan fingerprint density at radius 2 is 2.07 bits per heavy atom. The highest BCUT2D eigenvalue weighted by Gasteiger charge is 2.32. The Bertz CT molecular complexity index is 1250. The van der Waals surface area contributed by atoms with Crippen LogP contribution in [0.25, 0.3) is 22.4 Å². The Hall–Kier alpha value is -2.94. The van der Waals surface area contributed by atoms with Gasteiger partial charge in [-0.1, -0.05) is 0 Å². The van der Waals surface area contributed by atoms with Gasteiger partial charge in [0.1, 0.15) is 5.82 Å². The number of nitrogens with zero attached hydrogens (tertiary/aromatic N) is 3. The molecule has 158 valence electrons. The molecule has 0 bridgehead atoms. The van der Waals surface area contributed by atoms with E-state index in [9.17, 15) is 9.59 Å². The van der Waals surface area contributed by atoms with Crippen molar-refractivity contribution in [3.05, 3.63) is 44.4 Å². The lowest BCUT2D eigenvalue weighted by Gasteiger charge is -2.25. The molecular weight excluding hydrogens is 389 g/mol. The van der Waals surface area contributed by atoms with Crippen molar-refractivity contribution < 1.29 is 8.81 Å². The van der Waals surface area contributed by atoms with Crippen molar-refractivity contribution >= 4 is 16.6 Å². The first kappa shape index (κ1) is 19.0. The summed E-state index contributed by atoms with van der Waals surface area (Å²) in [5, 5.41) is 6.58. The van der Waals surface area contributed by atoms with Crippen molar-refractivity contribution in [3.63, 3.8) is 0 Å². The first-order chi connectivity index (χ1) is 14.3. The predicted molar refractivity (Wildman–Crippen MR) is 111 cm³/mol. The predicted octanol–water partition coefficient (Wildman–Crippen LogP) is 2.30. The number of nitrogens with one attached hydrogen (secondary N) is 1. The van der Waals surface area contributed by atoms with Crippen LogP contribution in [0.3, 0.4) is 0 Å². The maximum absolute atomic E-state index is 15.4. The van der Waals surface area contributed by atoms with Crippen LogP contribution in [0, 0.1) is 18.7 Å². The fourth-order valence-corrected chi connectivity index (χ4v) is 4.68. The molecule has 2 fully saturated rings. The van der Waals surface area contributed by atoms with Crippen molar-refractivity contribution in [1.82, 2.24) is 14.8 Å². The van der Waals surface area contributed by atoms with Gasteiger partial charge < -0.3 is 19.6 Å². The lowest BCUT2D eigenvalue weighted by Crippen LogP contribution is -2.30. The Kier molecular flexibility index (Phi) is 4.32. The Labute approximate surface area is 171 Å². The van der Waals surface area contributed by atoms with E-state index < -0.39 is 5.76 Å². The molecule has 9 heteroatoms. The molecule has 1 aliphatic heterocycles. The van der Waals surface area contributed by atoms with E-state index in [1.54, 1.807) is 4.57 Å². The fraction of sp³-hybridized carbons (Fsp3) is 0.476. The third kappa shape index (κ3) is 2.96. The van der Waals surface area contributed by atoms with Crippen LogP contribution in [-0.4, -0.2) is 33.9 Å². The van der Waals surface area contributed by atoms with Crippen molar-refractivity contribution in [2.24, 2.45) is 11.7 Å². The molecule has 1 saturated carbocycles. The maximum atomic E-state index is 15.4. The van der Waals surface area contributed by atoms with Crippen LogP contribution in [0.5, 0.6) is 0 Å². The van der Waals surface area contributed by atoms with Crippen molar-refractivity contribution in [2.45, 2.75) is 45.2 Å². The zero-order valence-corrected chi connectivity index (χ0v) is 16.9. The van der Waals surface area contributed by atoms with Gasteiger partial charge in [0.25, 0.3) is 5.56 Å². The number of hydrogen-bond donors (Lipinski definition) is 2.